The molecule has 1 heterocycles. The summed E-state index contributed by atoms with van der Waals surface area (Å²) in [6.07, 6.45) is 13.3. The lowest BCUT2D eigenvalue weighted by molar-refractivity contribution is -0.146. The van der Waals surface area contributed by atoms with Crippen LogP contribution in [-0.2, 0) is 9.59 Å². The van der Waals surface area contributed by atoms with Gasteiger partial charge >= 0.3 is 11.8 Å². The lowest BCUT2D eigenvalue weighted by Gasteiger charge is -2.36. The molecule has 1 N–H and O–H groups in total. The van der Waals surface area contributed by atoms with Gasteiger partial charge in [-0.1, -0.05) is 69.9 Å². The van der Waals surface area contributed by atoms with Gasteiger partial charge < -0.3 is 19.9 Å². The molecule has 1 saturated carbocycles. The van der Waals surface area contributed by atoms with E-state index in [-0.39, 0.29) is 11.9 Å². The third-order valence-electron chi connectivity index (χ3n) is 6.63. The second kappa shape index (κ2) is 12.6. The Morgan fingerprint density at radius 2 is 1.39 bits per heavy atom. The molecule has 6 nitrogen and oxygen atoms in total. The number of hydrogen-bond donors (Lipinski definition) is 1. The Hall–Kier alpha value is -2.24. The molecule has 1 saturated heterocycles. The number of piperazine rings is 1. The number of benzene rings is 1. The van der Waals surface area contributed by atoms with Crippen LogP contribution in [0, 0.1) is 0 Å². The number of para-hydroxylation sites is 2. The van der Waals surface area contributed by atoms with E-state index in [1.165, 1.54) is 44.9 Å². The van der Waals surface area contributed by atoms with Crippen LogP contribution in [-0.4, -0.2) is 56.0 Å². The molecule has 2 aliphatic rings. The first-order valence-electron chi connectivity index (χ1n) is 12.2. The fourth-order valence-corrected chi connectivity index (χ4v) is 4.74. The van der Waals surface area contributed by atoms with Gasteiger partial charge in [-0.2, -0.15) is 0 Å². The van der Waals surface area contributed by atoms with Gasteiger partial charge in [-0.15, -0.1) is 0 Å². The van der Waals surface area contributed by atoms with E-state index in [0.717, 1.165) is 37.1 Å². The van der Waals surface area contributed by atoms with Gasteiger partial charge in [-0.25, -0.2) is 0 Å². The topological polar surface area (TPSA) is 61.9 Å². The summed E-state index contributed by atoms with van der Waals surface area (Å²) < 4.78 is 5.46. The lowest BCUT2D eigenvalue weighted by atomic mass is 9.98. The van der Waals surface area contributed by atoms with Gasteiger partial charge in [0, 0.05) is 32.2 Å². The number of rotatable bonds is 3. The van der Waals surface area contributed by atoms with Crippen molar-refractivity contribution in [3.05, 3.63) is 24.3 Å². The number of hydrogen-bond acceptors (Lipinski definition) is 4. The molecule has 6 heteroatoms. The van der Waals surface area contributed by atoms with Crippen LogP contribution in [0.25, 0.3) is 0 Å². The fourth-order valence-electron chi connectivity index (χ4n) is 4.74. The van der Waals surface area contributed by atoms with Gasteiger partial charge in [0.1, 0.15) is 5.75 Å². The van der Waals surface area contributed by atoms with Crippen LogP contribution in [0.15, 0.2) is 24.3 Å². The van der Waals surface area contributed by atoms with Crippen LogP contribution in [0.4, 0.5) is 5.69 Å². The zero-order valence-electron chi connectivity index (χ0n) is 19.1. The van der Waals surface area contributed by atoms with E-state index < -0.39 is 5.91 Å². The number of ether oxygens (including phenoxy) is 1. The molecule has 0 aromatic heterocycles. The lowest BCUT2D eigenvalue weighted by Crippen LogP contribution is -2.53. The van der Waals surface area contributed by atoms with Gasteiger partial charge in [0.05, 0.1) is 12.8 Å². The van der Waals surface area contributed by atoms with Crippen molar-refractivity contribution in [1.29, 1.82) is 0 Å². The standard InChI is InChI=1S/C25H39N3O3/c1-31-23-16-12-11-15-22(23)27-17-19-28(20-18-27)25(30)24(29)26-21-13-9-7-5-3-2-4-6-8-10-14-21/h11-12,15-16,21H,2-10,13-14,17-20H2,1H3,(H,26,29). The maximum absolute atomic E-state index is 12.8. The van der Waals surface area contributed by atoms with E-state index in [2.05, 4.69) is 10.2 Å². The van der Waals surface area contributed by atoms with Crippen molar-refractivity contribution in [2.45, 2.75) is 76.7 Å². The predicted molar refractivity (Wildman–Crippen MR) is 125 cm³/mol. The van der Waals surface area contributed by atoms with E-state index in [4.69, 9.17) is 4.74 Å². The van der Waals surface area contributed by atoms with Gasteiger partial charge in [0.25, 0.3) is 0 Å². The van der Waals surface area contributed by atoms with Gasteiger partial charge in [0.2, 0.25) is 0 Å². The predicted octanol–water partition coefficient (Wildman–Crippen LogP) is 4.13. The van der Waals surface area contributed by atoms with E-state index in [1.807, 2.05) is 24.3 Å². The number of carbonyl (C=O) groups excluding carboxylic acids is 2. The highest BCUT2D eigenvalue weighted by Crippen LogP contribution is 2.28. The second-order valence-corrected chi connectivity index (χ2v) is 8.88. The molecule has 0 bridgehead atoms. The van der Waals surface area contributed by atoms with Crippen LogP contribution in [0.5, 0.6) is 5.75 Å². The van der Waals surface area contributed by atoms with Gasteiger partial charge in [-0.3, -0.25) is 9.59 Å². The Balaban J connectivity index is 1.48. The van der Waals surface area contributed by atoms with Gasteiger partial charge in [0.15, 0.2) is 0 Å². The highest BCUT2D eigenvalue weighted by atomic mass is 16.5. The third-order valence-corrected chi connectivity index (χ3v) is 6.63. The molecule has 0 spiro atoms. The molecule has 2 fully saturated rings. The van der Waals surface area contributed by atoms with E-state index in [9.17, 15) is 9.59 Å². The average molecular weight is 430 g/mol. The van der Waals surface area contributed by atoms with Crippen molar-refractivity contribution in [2.24, 2.45) is 0 Å². The maximum Gasteiger partial charge on any atom is 0.312 e. The van der Waals surface area contributed by atoms with E-state index in [1.54, 1.807) is 12.0 Å². The molecule has 1 aromatic carbocycles. The van der Waals surface area contributed by atoms with Crippen molar-refractivity contribution < 1.29 is 14.3 Å². The van der Waals surface area contributed by atoms with Crippen LogP contribution < -0.4 is 15.0 Å². The molecule has 1 aliphatic carbocycles. The quantitative estimate of drug-likeness (QED) is 0.734. The van der Waals surface area contributed by atoms with Crippen molar-refractivity contribution in [3.8, 4) is 5.75 Å². The average Bonchev–Trinajstić information content (AvgIpc) is 2.80. The van der Waals surface area contributed by atoms with Crippen LogP contribution >= 0.6 is 0 Å². The Morgan fingerprint density at radius 1 is 0.839 bits per heavy atom. The normalized spacial score (nSPS) is 19.8. The largest absolute Gasteiger partial charge is 0.495 e. The number of methoxy groups -OCH3 is 1. The first-order chi connectivity index (χ1) is 15.2. The Labute approximate surface area is 187 Å². The summed E-state index contributed by atoms with van der Waals surface area (Å²) >= 11 is 0. The van der Waals surface area contributed by atoms with Crippen molar-refractivity contribution >= 4 is 17.5 Å². The summed E-state index contributed by atoms with van der Waals surface area (Å²) in [5.41, 5.74) is 1.04. The van der Waals surface area contributed by atoms with E-state index in [0.29, 0.717) is 26.2 Å². The molecule has 172 valence electrons. The molecule has 31 heavy (non-hydrogen) atoms. The van der Waals surface area contributed by atoms with Crippen LogP contribution in [0.2, 0.25) is 0 Å². The summed E-state index contributed by atoms with van der Waals surface area (Å²) in [6.45, 7) is 2.50. The smallest absolute Gasteiger partial charge is 0.312 e. The molecule has 0 atom stereocenters. The summed E-state index contributed by atoms with van der Waals surface area (Å²) in [6, 6.07) is 8.06. The molecule has 0 unspecified atom stereocenters. The zero-order valence-corrected chi connectivity index (χ0v) is 19.1. The van der Waals surface area contributed by atoms with Crippen LogP contribution in [0.1, 0.15) is 70.6 Å². The summed E-state index contributed by atoms with van der Waals surface area (Å²) in [5, 5.41) is 3.07. The molecule has 3 rings (SSSR count). The molecule has 1 aromatic rings. The fraction of sp³-hybridized carbons (Fsp3) is 0.680. The number of carbonyl (C=O) groups is 2. The highest BCUT2D eigenvalue weighted by Gasteiger charge is 2.28. The van der Waals surface area contributed by atoms with Crippen molar-refractivity contribution in [1.82, 2.24) is 10.2 Å². The first-order valence-corrected chi connectivity index (χ1v) is 12.2. The monoisotopic (exact) mass is 429 g/mol. The van der Waals surface area contributed by atoms with E-state index >= 15 is 0 Å². The highest BCUT2D eigenvalue weighted by molar-refractivity contribution is 6.35. The third kappa shape index (κ3) is 7.15. The summed E-state index contributed by atoms with van der Waals surface area (Å²) in [7, 11) is 1.67. The number of nitrogens with one attached hydrogen (secondary N) is 1. The number of nitrogens with zero attached hydrogens (tertiary/aromatic N) is 2. The minimum Gasteiger partial charge on any atom is -0.495 e. The summed E-state index contributed by atoms with van der Waals surface area (Å²) in [5.74, 6) is 0.0242. The molecule has 1 aliphatic heterocycles. The number of anilines is 1. The van der Waals surface area contributed by atoms with Crippen molar-refractivity contribution in [3.63, 3.8) is 0 Å². The van der Waals surface area contributed by atoms with Crippen LogP contribution in [0.3, 0.4) is 0 Å². The Morgan fingerprint density at radius 3 is 1.97 bits per heavy atom. The van der Waals surface area contributed by atoms with Crippen molar-refractivity contribution in [2.75, 3.05) is 38.2 Å². The minimum atomic E-state index is -0.428. The first kappa shape index (κ1) is 23.4. The minimum absolute atomic E-state index is 0.130. The number of amides is 2. The molecular formula is C25H39N3O3. The summed E-state index contributed by atoms with van der Waals surface area (Å²) in [4.78, 5) is 29.4. The zero-order chi connectivity index (χ0) is 21.9. The Bertz CT molecular complexity index is 689. The maximum atomic E-state index is 12.8. The molecule has 2 amide bonds. The SMILES string of the molecule is COc1ccccc1N1CCN(C(=O)C(=O)NC2CCCCCCCCCCC2)CC1. The molecular weight excluding hydrogens is 390 g/mol. The van der Waals surface area contributed by atoms with Gasteiger partial charge in [-0.05, 0) is 25.0 Å². The Kier molecular flexibility index (Phi) is 9.50. The second-order valence-electron chi connectivity index (χ2n) is 8.88. The molecule has 0 radical (unpaired) electrons.